The molecule has 1 atom stereocenters. The molecular weight excluding hydrogens is 262 g/mol. The van der Waals surface area contributed by atoms with E-state index in [1.807, 2.05) is 6.92 Å². The number of halogens is 2. The maximum Gasteiger partial charge on any atom is 0.237 e. The molecule has 0 spiro atoms. The van der Waals surface area contributed by atoms with Gasteiger partial charge in [-0.2, -0.15) is 0 Å². The Balaban J connectivity index is 2.23. The van der Waals surface area contributed by atoms with E-state index in [-0.39, 0.29) is 5.56 Å². The summed E-state index contributed by atoms with van der Waals surface area (Å²) in [6.07, 6.45) is 1.61. The number of benzene rings is 1. The fourth-order valence-corrected chi connectivity index (χ4v) is 1.91. The summed E-state index contributed by atoms with van der Waals surface area (Å²) in [6, 6.07) is 6.53. The Morgan fingerprint density at radius 1 is 1.30 bits per heavy atom. The summed E-state index contributed by atoms with van der Waals surface area (Å²) in [5.41, 5.74) is 0.904. The van der Waals surface area contributed by atoms with Crippen LogP contribution < -0.4 is 10.1 Å². The molecule has 0 aliphatic rings. The van der Waals surface area contributed by atoms with Crippen molar-refractivity contribution in [1.29, 1.82) is 0 Å². The van der Waals surface area contributed by atoms with Crippen molar-refractivity contribution >= 4 is 5.69 Å². The first-order valence-electron chi connectivity index (χ1n) is 6.41. The van der Waals surface area contributed by atoms with E-state index in [1.54, 1.807) is 25.3 Å². The van der Waals surface area contributed by atoms with Gasteiger partial charge in [-0.25, -0.2) is 13.8 Å². The van der Waals surface area contributed by atoms with E-state index >= 15 is 0 Å². The summed E-state index contributed by atoms with van der Waals surface area (Å²) in [5, 5.41) is 3.09. The Morgan fingerprint density at radius 3 is 2.85 bits per heavy atom. The van der Waals surface area contributed by atoms with Crippen LogP contribution in [0.1, 0.15) is 25.5 Å². The Bertz CT molecular complexity index is 590. The fraction of sp³-hybridized carbons (Fsp3) is 0.267. The summed E-state index contributed by atoms with van der Waals surface area (Å²) in [5.74, 6) is -0.474. The van der Waals surface area contributed by atoms with E-state index in [1.165, 1.54) is 6.07 Å². The van der Waals surface area contributed by atoms with Crippen molar-refractivity contribution in [3.05, 3.63) is 53.7 Å². The van der Waals surface area contributed by atoms with Gasteiger partial charge in [-0.3, -0.25) is 0 Å². The van der Waals surface area contributed by atoms with E-state index in [2.05, 4.69) is 10.3 Å². The third-order valence-corrected chi connectivity index (χ3v) is 2.85. The van der Waals surface area contributed by atoms with Crippen molar-refractivity contribution in [2.45, 2.75) is 19.9 Å². The largest absolute Gasteiger partial charge is 0.476 e. The molecule has 2 rings (SSSR count). The van der Waals surface area contributed by atoms with Gasteiger partial charge in [-0.05, 0) is 44.2 Å². The van der Waals surface area contributed by atoms with Gasteiger partial charge in [0.2, 0.25) is 5.88 Å². The van der Waals surface area contributed by atoms with Crippen molar-refractivity contribution in [2.24, 2.45) is 0 Å². The van der Waals surface area contributed by atoms with Crippen LogP contribution in [0.3, 0.4) is 0 Å². The van der Waals surface area contributed by atoms with Gasteiger partial charge in [0.05, 0.1) is 18.3 Å². The highest BCUT2D eigenvalue weighted by molar-refractivity contribution is 5.53. The highest BCUT2D eigenvalue weighted by atomic mass is 19.1. The first-order chi connectivity index (χ1) is 9.61. The fourth-order valence-electron chi connectivity index (χ4n) is 1.91. The van der Waals surface area contributed by atoms with Crippen LogP contribution in [0.25, 0.3) is 0 Å². The van der Waals surface area contributed by atoms with Crippen LogP contribution in [0.2, 0.25) is 0 Å². The minimum absolute atomic E-state index is 0.260. The van der Waals surface area contributed by atoms with Gasteiger partial charge >= 0.3 is 0 Å². The summed E-state index contributed by atoms with van der Waals surface area (Å²) >= 11 is 0. The van der Waals surface area contributed by atoms with E-state index in [9.17, 15) is 8.78 Å². The maximum atomic E-state index is 13.7. The number of hydrogen-bond acceptors (Lipinski definition) is 3. The second-order valence-electron chi connectivity index (χ2n) is 4.32. The van der Waals surface area contributed by atoms with Crippen LogP contribution in [-0.2, 0) is 0 Å². The first-order valence-corrected chi connectivity index (χ1v) is 6.41. The van der Waals surface area contributed by atoms with Crippen LogP contribution in [-0.4, -0.2) is 11.6 Å². The molecule has 0 bridgehead atoms. The SMILES string of the molecule is CCOc1ncccc1NC(C)c1cc(F)ccc1F. The predicted octanol–water partition coefficient (Wildman–Crippen LogP) is 3.93. The zero-order valence-corrected chi connectivity index (χ0v) is 11.4. The molecular formula is C15H16F2N2O. The summed E-state index contributed by atoms with van der Waals surface area (Å²) in [6.45, 7) is 4.09. The van der Waals surface area contributed by atoms with Crippen LogP contribution in [0.5, 0.6) is 5.88 Å². The van der Waals surface area contributed by atoms with Gasteiger partial charge in [0.15, 0.2) is 0 Å². The molecule has 20 heavy (non-hydrogen) atoms. The summed E-state index contributed by atoms with van der Waals surface area (Å²) in [4.78, 5) is 4.10. The monoisotopic (exact) mass is 278 g/mol. The van der Waals surface area contributed by atoms with E-state index in [0.717, 1.165) is 12.1 Å². The zero-order valence-electron chi connectivity index (χ0n) is 11.4. The number of hydrogen-bond donors (Lipinski definition) is 1. The molecule has 5 heteroatoms. The lowest BCUT2D eigenvalue weighted by molar-refractivity contribution is 0.328. The van der Waals surface area contributed by atoms with Gasteiger partial charge in [0.1, 0.15) is 11.6 Å². The number of aromatic nitrogens is 1. The maximum absolute atomic E-state index is 13.7. The summed E-state index contributed by atoms with van der Waals surface area (Å²) < 4.78 is 32.3. The van der Waals surface area contributed by atoms with Crippen molar-refractivity contribution in [3.8, 4) is 5.88 Å². The van der Waals surface area contributed by atoms with Crippen molar-refractivity contribution in [1.82, 2.24) is 4.98 Å². The Hall–Kier alpha value is -2.17. The van der Waals surface area contributed by atoms with E-state index in [4.69, 9.17) is 4.74 Å². The first kappa shape index (κ1) is 14.2. The molecule has 0 radical (unpaired) electrons. The quantitative estimate of drug-likeness (QED) is 0.899. The third-order valence-electron chi connectivity index (χ3n) is 2.85. The third kappa shape index (κ3) is 3.23. The number of nitrogens with one attached hydrogen (secondary N) is 1. The average Bonchev–Trinajstić information content (AvgIpc) is 2.44. The minimum atomic E-state index is -0.466. The lowest BCUT2D eigenvalue weighted by Gasteiger charge is -2.18. The van der Waals surface area contributed by atoms with Gasteiger partial charge in [0, 0.05) is 11.8 Å². The van der Waals surface area contributed by atoms with Crippen molar-refractivity contribution in [2.75, 3.05) is 11.9 Å². The molecule has 1 aromatic heterocycles. The smallest absolute Gasteiger partial charge is 0.237 e. The van der Waals surface area contributed by atoms with Crippen LogP contribution in [0, 0.1) is 11.6 Å². The highest BCUT2D eigenvalue weighted by Crippen LogP contribution is 2.27. The molecule has 106 valence electrons. The average molecular weight is 278 g/mol. The van der Waals surface area contributed by atoms with E-state index in [0.29, 0.717) is 18.2 Å². The highest BCUT2D eigenvalue weighted by Gasteiger charge is 2.14. The molecule has 1 N–H and O–H groups in total. The molecule has 0 aliphatic carbocycles. The number of nitrogens with zero attached hydrogens (tertiary/aromatic N) is 1. The van der Waals surface area contributed by atoms with Crippen LogP contribution in [0.4, 0.5) is 14.5 Å². The number of pyridine rings is 1. The molecule has 0 amide bonds. The topological polar surface area (TPSA) is 34.1 Å². The lowest BCUT2D eigenvalue weighted by atomic mass is 10.1. The van der Waals surface area contributed by atoms with Crippen LogP contribution in [0.15, 0.2) is 36.5 Å². The Kier molecular flexibility index (Phi) is 4.50. The molecule has 1 heterocycles. The van der Waals surface area contributed by atoms with Crippen molar-refractivity contribution in [3.63, 3.8) is 0 Å². The van der Waals surface area contributed by atoms with Crippen LogP contribution >= 0.6 is 0 Å². The summed E-state index contributed by atoms with van der Waals surface area (Å²) in [7, 11) is 0. The zero-order chi connectivity index (χ0) is 14.5. The Labute approximate surface area is 116 Å². The second-order valence-corrected chi connectivity index (χ2v) is 4.32. The van der Waals surface area contributed by atoms with Gasteiger partial charge < -0.3 is 10.1 Å². The van der Waals surface area contributed by atoms with Crippen molar-refractivity contribution < 1.29 is 13.5 Å². The molecule has 0 aliphatic heterocycles. The number of rotatable bonds is 5. The molecule has 3 nitrogen and oxygen atoms in total. The molecule has 0 saturated carbocycles. The molecule has 1 unspecified atom stereocenters. The number of anilines is 1. The van der Waals surface area contributed by atoms with Gasteiger partial charge in [-0.1, -0.05) is 0 Å². The normalized spacial score (nSPS) is 12.0. The second kappa shape index (κ2) is 6.32. The molecule has 2 aromatic rings. The number of ether oxygens (including phenoxy) is 1. The lowest BCUT2D eigenvalue weighted by Crippen LogP contribution is -2.10. The molecule has 0 saturated heterocycles. The standard InChI is InChI=1S/C15H16F2N2O/c1-3-20-15-14(5-4-8-18-15)19-10(2)12-9-11(16)6-7-13(12)17/h4-10,19H,3H2,1-2H3. The van der Waals surface area contributed by atoms with Gasteiger partial charge in [0.25, 0.3) is 0 Å². The van der Waals surface area contributed by atoms with Gasteiger partial charge in [-0.15, -0.1) is 0 Å². The minimum Gasteiger partial charge on any atom is -0.476 e. The molecule has 1 aromatic carbocycles. The predicted molar refractivity (Wildman–Crippen MR) is 73.8 cm³/mol. The van der Waals surface area contributed by atoms with E-state index < -0.39 is 17.7 Å². The Morgan fingerprint density at radius 2 is 2.10 bits per heavy atom. The molecule has 0 fully saturated rings.